The molecule has 1 fully saturated rings. The van der Waals surface area contributed by atoms with Gasteiger partial charge in [0.1, 0.15) is 11.8 Å². The largest absolute Gasteiger partial charge is 0.496 e. The van der Waals surface area contributed by atoms with Crippen molar-refractivity contribution in [3.05, 3.63) is 102 Å². The van der Waals surface area contributed by atoms with E-state index in [1.165, 1.54) is 11.3 Å². The van der Waals surface area contributed by atoms with Gasteiger partial charge in [-0.05, 0) is 34.2 Å². The van der Waals surface area contributed by atoms with E-state index in [-0.39, 0.29) is 6.04 Å². The SMILES string of the molecule is COc1ccccc1[C@H](c1nnnn1Cc1ccccc1)N1CCN(c2ccccc2)CC1. The van der Waals surface area contributed by atoms with Crippen LogP contribution in [0.25, 0.3) is 0 Å². The highest BCUT2D eigenvalue weighted by Crippen LogP contribution is 2.34. The number of benzene rings is 3. The maximum atomic E-state index is 5.75. The predicted molar refractivity (Wildman–Crippen MR) is 128 cm³/mol. The third-order valence-corrected chi connectivity index (χ3v) is 6.21. The predicted octanol–water partition coefficient (Wildman–Crippen LogP) is 3.64. The van der Waals surface area contributed by atoms with Crippen molar-refractivity contribution in [2.24, 2.45) is 0 Å². The van der Waals surface area contributed by atoms with Crippen molar-refractivity contribution in [1.29, 1.82) is 0 Å². The van der Waals surface area contributed by atoms with Crippen LogP contribution in [0.2, 0.25) is 0 Å². The molecule has 0 N–H and O–H groups in total. The van der Waals surface area contributed by atoms with Gasteiger partial charge in [0.15, 0.2) is 5.82 Å². The molecule has 1 atom stereocenters. The van der Waals surface area contributed by atoms with Gasteiger partial charge in [-0.2, -0.15) is 0 Å². The molecule has 0 bridgehead atoms. The highest BCUT2D eigenvalue weighted by molar-refractivity contribution is 5.46. The zero-order valence-electron chi connectivity index (χ0n) is 18.8. The molecule has 4 aromatic rings. The molecule has 7 heteroatoms. The van der Waals surface area contributed by atoms with Crippen molar-refractivity contribution < 1.29 is 4.74 Å². The van der Waals surface area contributed by atoms with E-state index in [1.807, 2.05) is 35.0 Å². The van der Waals surface area contributed by atoms with Crippen LogP contribution in [0.5, 0.6) is 5.75 Å². The minimum Gasteiger partial charge on any atom is -0.496 e. The van der Waals surface area contributed by atoms with Crippen LogP contribution >= 0.6 is 0 Å². The molecule has 0 radical (unpaired) electrons. The maximum Gasteiger partial charge on any atom is 0.173 e. The molecule has 7 nitrogen and oxygen atoms in total. The Hall–Kier alpha value is -3.71. The number of para-hydroxylation sites is 2. The number of piperazine rings is 1. The smallest absolute Gasteiger partial charge is 0.173 e. The first kappa shape index (κ1) is 21.2. The van der Waals surface area contributed by atoms with E-state index in [9.17, 15) is 0 Å². The molecule has 1 aromatic heterocycles. The lowest BCUT2D eigenvalue weighted by Crippen LogP contribution is -2.48. The molecule has 5 rings (SSSR count). The number of hydrogen-bond donors (Lipinski definition) is 0. The standard InChI is InChI=1S/C26H28N6O/c1-33-24-15-9-8-14-23(24)25(26-27-28-29-32(26)20-21-10-4-2-5-11-21)31-18-16-30(17-19-31)22-12-6-3-7-13-22/h2-15,25H,16-20H2,1H3/t25-/m1/s1. The summed E-state index contributed by atoms with van der Waals surface area (Å²) in [5.74, 6) is 1.68. The molecule has 2 heterocycles. The fourth-order valence-corrected chi connectivity index (χ4v) is 4.54. The van der Waals surface area contributed by atoms with Gasteiger partial charge >= 0.3 is 0 Å². The number of methoxy groups -OCH3 is 1. The number of anilines is 1. The number of rotatable bonds is 7. The monoisotopic (exact) mass is 440 g/mol. The number of nitrogens with zero attached hydrogens (tertiary/aromatic N) is 6. The van der Waals surface area contributed by atoms with Gasteiger partial charge in [0.2, 0.25) is 0 Å². The summed E-state index contributed by atoms with van der Waals surface area (Å²) in [6, 6.07) is 29.0. The molecule has 1 aliphatic rings. The molecule has 1 saturated heterocycles. The molecule has 0 aliphatic carbocycles. The van der Waals surface area contributed by atoms with Crippen LogP contribution in [0.1, 0.15) is 23.0 Å². The Morgan fingerprint density at radius 2 is 1.48 bits per heavy atom. The summed E-state index contributed by atoms with van der Waals surface area (Å²) in [6.07, 6.45) is 0. The van der Waals surface area contributed by atoms with Crippen molar-refractivity contribution in [2.45, 2.75) is 12.6 Å². The highest BCUT2D eigenvalue weighted by Gasteiger charge is 2.32. The van der Waals surface area contributed by atoms with Crippen LogP contribution in [0.4, 0.5) is 5.69 Å². The molecule has 3 aromatic carbocycles. The van der Waals surface area contributed by atoms with E-state index in [2.05, 4.69) is 79.9 Å². The lowest BCUT2D eigenvalue weighted by Gasteiger charge is -2.40. The second-order valence-electron chi connectivity index (χ2n) is 8.18. The van der Waals surface area contributed by atoms with Crippen LogP contribution in [0.3, 0.4) is 0 Å². The van der Waals surface area contributed by atoms with Gasteiger partial charge in [-0.3, -0.25) is 4.90 Å². The average molecular weight is 441 g/mol. The Bertz CT molecular complexity index is 1160. The normalized spacial score (nSPS) is 15.4. The van der Waals surface area contributed by atoms with Crippen LogP contribution in [0.15, 0.2) is 84.9 Å². The summed E-state index contributed by atoms with van der Waals surface area (Å²) < 4.78 is 7.66. The first-order chi connectivity index (χ1) is 16.3. The summed E-state index contributed by atoms with van der Waals surface area (Å²) in [4.78, 5) is 4.90. The molecule has 33 heavy (non-hydrogen) atoms. The van der Waals surface area contributed by atoms with Gasteiger partial charge < -0.3 is 9.64 Å². The second kappa shape index (κ2) is 9.83. The highest BCUT2D eigenvalue weighted by atomic mass is 16.5. The molecule has 0 saturated carbocycles. The second-order valence-corrected chi connectivity index (χ2v) is 8.18. The Morgan fingerprint density at radius 1 is 0.818 bits per heavy atom. The van der Waals surface area contributed by atoms with Crippen molar-refractivity contribution in [2.75, 3.05) is 38.2 Å². The third kappa shape index (κ3) is 4.59. The number of tetrazole rings is 1. The fourth-order valence-electron chi connectivity index (χ4n) is 4.54. The first-order valence-corrected chi connectivity index (χ1v) is 11.3. The van der Waals surface area contributed by atoms with Crippen molar-refractivity contribution in [1.82, 2.24) is 25.1 Å². The van der Waals surface area contributed by atoms with E-state index < -0.39 is 0 Å². The molecular formula is C26H28N6O. The van der Waals surface area contributed by atoms with Gasteiger partial charge in [0, 0.05) is 37.4 Å². The van der Waals surface area contributed by atoms with Gasteiger partial charge in [-0.15, -0.1) is 5.10 Å². The van der Waals surface area contributed by atoms with E-state index in [0.717, 1.165) is 43.3 Å². The van der Waals surface area contributed by atoms with E-state index in [1.54, 1.807) is 7.11 Å². The topological polar surface area (TPSA) is 59.3 Å². The maximum absolute atomic E-state index is 5.75. The Kier molecular flexibility index (Phi) is 6.30. The van der Waals surface area contributed by atoms with Gasteiger partial charge in [-0.25, -0.2) is 4.68 Å². The lowest BCUT2D eigenvalue weighted by molar-refractivity contribution is 0.198. The zero-order valence-corrected chi connectivity index (χ0v) is 18.8. The number of aromatic nitrogens is 4. The molecule has 0 spiro atoms. The van der Waals surface area contributed by atoms with E-state index in [0.29, 0.717) is 6.54 Å². The summed E-state index contributed by atoms with van der Waals surface area (Å²) in [5.41, 5.74) is 3.51. The minimum absolute atomic E-state index is 0.0993. The summed E-state index contributed by atoms with van der Waals surface area (Å²) in [5, 5.41) is 12.9. The summed E-state index contributed by atoms with van der Waals surface area (Å²) >= 11 is 0. The fraction of sp³-hybridized carbons (Fsp3) is 0.269. The molecule has 1 aliphatic heterocycles. The minimum atomic E-state index is -0.0993. The Labute approximate surface area is 194 Å². The van der Waals surface area contributed by atoms with Crippen molar-refractivity contribution >= 4 is 5.69 Å². The lowest BCUT2D eigenvalue weighted by atomic mass is 10.0. The van der Waals surface area contributed by atoms with E-state index >= 15 is 0 Å². The zero-order chi connectivity index (χ0) is 22.5. The van der Waals surface area contributed by atoms with Crippen molar-refractivity contribution in [3.63, 3.8) is 0 Å². The quantitative estimate of drug-likeness (QED) is 0.437. The Morgan fingerprint density at radius 3 is 2.21 bits per heavy atom. The Balaban J connectivity index is 1.46. The van der Waals surface area contributed by atoms with E-state index in [4.69, 9.17) is 4.74 Å². The molecular weight excluding hydrogens is 412 g/mol. The summed E-state index contributed by atoms with van der Waals surface area (Å²) in [7, 11) is 1.72. The van der Waals surface area contributed by atoms with Crippen LogP contribution in [-0.2, 0) is 6.54 Å². The van der Waals surface area contributed by atoms with Crippen LogP contribution < -0.4 is 9.64 Å². The average Bonchev–Trinajstić information content (AvgIpc) is 3.33. The number of hydrogen-bond acceptors (Lipinski definition) is 6. The van der Waals surface area contributed by atoms with Gasteiger partial charge in [0.25, 0.3) is 0 Å². The van der Waals surface area contributed by atoms with Crippen LogP contribution in [-0.4, -0.2) is 58.4 Å². The van der Waals surface area contributed by atoms with Gasteiger partial charge in [-0.1, -0.05) is 66.7 Å². The molecule has 0 amide bonds. The molecule has 168 valence electrons. The van der Waals surface area contributed by atoms with Crippen molar-refractivity contribution in [3.8, 4) is 5.75 Å². The van der Waals surface area contributed by atoms with Gasteiger partial charge in [0.05, 0.1) is 13.7 Å². The first-order valence-electron chi connectivity index (χ1n) is 11.3. The molecule has 0 unspecified atom stereocenters. The number of ether oxygens (including phenoxy) is 1. The summed E-state index contributed by atoms with van der Waals surface area (Å²) in [6.45, 7) is 4.30. The third-order valence-electron chi connectivity index (χ3n) is 6.21. The van der Waals surface area contributed by atoms with Crippen LogP contribution in [0, 0.1) is 0 Å².